The molecule has 0 heterocycles. The smallest absolute Gasteiger partial charge is 0.267 e. The molecule has 1 atom stereocenters. The minimum atomic E-state index is -1.20. The van der Waals surface area contributed by atoms with Gasteiger partial charge in [-0.3, -0.25) is 10.0 Å². The van der Waals surface area contributed by atoms with E-state index < -0.39 is 11.4 Å². The fourth-order valence-corrected chi connectivity index (χ4v) is 1.03. The van der Waals surface area contributed by atoms with E-state index in [0.29, 0.717) is 5.56 Å². The highest BCUT2D eigenvalue weighted by Crippen LogP contribution is 2.16. The van der Waals surface area contributed by atoms with Gasteiger partial charge in [0.2, 0.25) is 0 Å². The molecular formula is C9H12N2O2. The summed E-state index contributed by atoms with van der Waals surface area (Å²) in [6.07, 6.45) is 0. The van der Waals surface area contributed by atoms with Crippen molar-refractivity contribution in [2.45, 2.75) is 12.5 Å². The molecule has 0 fully saturated rings. The number of benzene rings is 1. The van der Waals surface area contributed by atoms with Gasteiger partial charge in [0.05, 0.1) is 0 Å². The van der Waals surface area contributed by atoms with Crippen molar-refractivity contribution in [2.24, 2.45) is 5.73 Å². The van der Waals surface area contributed by atoms with Crippen LogP contribution in [0.25, 0.3) is 0 Å². The first-order valence-electron chi connectivity index (χ1n) is 3.88. The number of hydroxylamine groups is 1. The number of carbonyl (C=O) groups is 1. The quantitative estimate of drug-likeness (QED) is 0.454. The summed E-state index contributed by atoms with van der Waals surface area (Å²) in [5.41, 5.74) is 6.72. The van der Waals surface area contributed by atoms with E-state index in [1.54, 1.807) is 24.3 Å². The number of hydrogen-bond donors (Lipinski definition) is 3. The number of nitrogens with one attached hydrogen (secondary N) is 1. The van der Waals surface area contributed by atoms with Gasteiger partial charge in [-0.15, -0.1) is 0 Å². The van der Waals surface area contributed by atoms with Crippen molar-refractivity contribution in [2.75, 3.05) is 0 Å². The van der Waals surface area contributed by atoms with E-state index in [1.807, 2.05) is 6.07 Å². The highest BCUT2D eigenvalue weighted by molar-refractivity contribution is 5.85. The second-order valence-corrected chi connectivity index (χ2v) is 3.01. The van der Waals surface area contributed by atoms with Crippen molar-refractivity contribution in [1.29, 1.82) is 0 Å². The van der Waals surface area contributed by atoms with E-state index in [2.05, 4.69) is 0 Å². The highest BCUT2D eigenvalue weighted by atomic mass is 16.5. The average Bonchev–Trinajstić information content (AvgIpc) is 2.18. The van der Waals surface area contributed by atoms with Crippen LogP contribution in [0.3, 0.4) is 0 Å². The lowest BCUT2D eigenvalue weighted by Gasteiger charge is -2.21. The van der Waals surface area contributed by atoms with Gasteiger partial charge in [0.1, 0.15) is 5.54 Å². The molecule has 0 saturated carbocycles. The van der Waals surface area contributed by atoms with Crippen LogP contribution in [0.15, 0.2) is 30.3 Å². The maximum absolute atomic E-state index is 11.1. The van der Waals surface area contributed by atoms with Crippen LogP contribution in [0.4, 0.5) is 0 Å². The Bertz CT molecular complexity index is 296. The number of nitrogens with two attached hydrogens (primary N) is 1. The monoisotopic (exact) mass is 180 g/mol. The Morgan fingerprint density at radius 2 is 2.00 bits per heavy atom. The zero-order valence-electron chi connectivity index (χ0n) is 7.32. The predicted octanol–water partition coefficient (Wildman–Crippen LogP) is 0.366. The summed E-state index contributed by atoms with van der Waals surface area (Å²) in [6.45, 7) is 1.54. The van der Waals surface area contributed by atoms with Gasteiger partial charge in [-0.25, -0.2) is 5.48 Å². The van der Waals surface area contributed by atoms with Crippen LogP contribution in [-0.4, -0.2) is 11.1 Å². The van der Waals surface area contributed by atoms with E-state index in [9.17, 15) is 4.79 Å². The summed E-state index contributed by atoms with van der Waals surface area (Å²) < 4.78 is 0. The summed E-state index contributed by atoms with van der Waals surface area (Å²) in [6, 6.07) is 8.86. The second-order valence-electron chi connectivity index (χ2n) is 3.01. The Morgan fingerprint density at radius 3 is 2.46 bits per heavy atom. The van der Waals surface area contributed by atoms with Crippen molar-refractivity contribution in [3.8, 4) is 0 Å². The number of amides is 1. The lowest BCUT2D eigenvalue weighted by molar-refractivity contribution is -0.134. The van der Waals surface area contributed by atoms with Crippen molar-refractivity contribution in [3.63, 3.8) is 0 Å². The Kier molecular flexibility index (Phi) is 2.65. The molecule has 1 aromatic rings. The first-order valence-corrected chi connectivity index (χ1v) is 3.88. The van der Waals surface area contributed by atoms with Crippen LogP contribution in [0, 0.1) is 0 Å². The lowest BCUT2D eigenvalue weighted by Crippen LogP contribution is -2.47. The zero-order valence-corrected chi connectivity index (χ0v) is 7.32. The van der Waals surface area contributed by atoms with Crippen LogP contribution in [0.5, 0.6) is 0 Å². The molecule has 0 aliphatic heterocycles. The molecule has 13 heavy (non-hydrogen) atoms. The van der Waals surface area contributed by atoms with Gasteiger partial charge in [-0.05, 0) is 12.5 Å². The molecule has 0 unspecified atom stereocenters. The molecule has 0 bridgehead atoms. The maximum Gasteiger partial charge on any atom is 0.267 e. The molecule has 4 heteroatoms. The molecule has 0 saturated heterocycles. The molecule has 0 radical (unpaired) electrons. The molecule has 0 aliphatic carbocycles. The van der Waals surface area contributed by atoms with Crippen LogP contribution >= 0.6 is 0 Å². The molecule has 4 N–H and O–H groups in total. The molecule has 1 rings (SSSR count). The van der Waals surface area contributed by atoms with Gasteiger partial charge in [-0.2, -0.15) is 0 Å². The second kappa shape index (κ2) is 3.55. The molecule has 4 nitrogen and oxygen atoms in total. The third-order valence-electron chi connectivity index (χ3n) is 1.95. The van der Waals surface area contributed by atoms with Crippen molar-refractivity contribution in [3.05, 3.63) is 35.9 Å². The number of hydrogen-bond acceptors (Lipinski definition) is 3. The number of rotatable bonds is 2. The minimum absolute atomic E-state index is 0.626. The summed E-state index contributed by atoms with van der Waals surface area (Å²) in [7, 11) is 0. The first-order chi connectivity index (χ1) is 6.09. The van der Waals surface area contributed by atoms with Crippen LogP contribution in [-0.2, 0) is 10.3 Å². The van der Waals surface area contributed by atoms with E-state index in [0.717, 1.165) is 0 Å². The molecule has 1 amide bonds. The Morgan fingerprint density at radius 1 is 1.46 bits per heavy atom. The third kappa shape index (κ3) is 1.85. The van der Waals surface area contributed by atoms with Crippen LogP contribution in [0.1, 0.15) is 12.5 Å². The predicted molar refractivity (Wildman–Crippen MR) is 47.9 cm³/mol. The standard InChI is InChI=1S/C9H12N2O2/c1-9(10,8(12)11-13)7-5-3-2-4-6-7/h2-6,13H,10H2,1H3,(H,11,12)/t9-/m0/s1. The third-order valence-corrected chi connectivity index (χ3v) is 1.95. The van der Waals surface area contributed by atoms with Gasteiger partial charge in [0, 0.05) is 0 Å². The van der Waals surface area contributed by atoms with E-state index in [1.165, 1.54) is 12.4 Å². The van der Waals surface area contributed by atoms with Crippen molar-refractivity contribution >= 4 is 5.91 Å². The Balaban J connectivity index is 3.00. The molecule has 0 aliphatic rings. The van der Waals surface area contributed by atoms with Gasteiger partial charge >= 0.3 is 0 Å². The lowest BCUT2D eigenvalue weighted by atomic mass is 9.93. The largest absolute Gasteiger partial charge is 0.314 e. The Hall–Kier alpha value is -1.39. The van der Waals surface area contributed by atoms with Gasteiger partial charge in [-0.1, -0.05) is 30.3 Å². The normalized spacial score (nSPS) is 14.7. The zero-order chi connectivity index (χ0) is 9.90. The summed E-state index contributed by atoms with van der Waals surface area (Å²) in [4.78, 5) is 11.1. The summed E-state index contributed by atoms with van der Waals surface area (Å²) in [5, 5.41) is 8.45. The van der Waals surface area contributed by atoms with Crippen LogP contribution < -0.4 is 11.2 Å². The molecule has 0 spiro atoms. The van der Waals surface area contributed by atoms with E-state index >= 15 is 0 Å². The number of carbonyl (C=O) groups excluding carboxylic acids is 1. The first kappa shape index (κ1) is 9.70. The minimum Gasteiger partial charge on any atom is -0.314 e. The fourth-order valence-electron chi connectivity index (χ4n) is 1.03. The summed E-state index contributed by atoms with van der Waals surface area (Å²) in [5.74, 6) is -0.626. The SMILES string of the molecule is C[C@@](N)(C(=O)NO)c1ccccc1. The van der Waals surface area contributed by atoms with Gasteiger partial charge in [0.25, 0.3) is 5.91 Å². The van der Waals surface area contributed by atoms with Crippen molar-refractivity contribution in [1.82, 2.24) is 5.48 Å². The highest BCUT2D eigenvalue weighted by Gasteiger charge is 2.29. The molecule has 70 valence electrons. The van der Waals surface area contributed by atoms with Crippen LogP contribution in [0.2, 0.25) is 0 Å². The van der Waals surface area contributed by atoms with E-state index in [-0.39, 0.29) is 0 Å². The fraction of sp³-hybridized carbons (Fsp3) is 0.222. The van der Waals surface area contributed by atoms with E-state index in [4.69, 9.17) is 10.9 Å². The summed E-state index contributed by atoms with van der Waals surface area (Å²) >= 11 is 0. The Labute approximate surface area is 76.3 Å². The van der Waals surface area contributed by atoms with Crippen molar-refractivity contribution < 1.29 is 10.0 Å². The molecule has 1 aromatic carbocycles. The topological polar surface area (TPSA) is 75.4 Å². The molecular weight excluding hydrogens is 168 g/mol. The van der Waals surface area contributed by atoms with Gasteiger partial charge < -0.3 is 5.73 Å². The van der Waals surface area contributed by atoms with Gasteiger partial charge in [0.15, 0.2) is 0 Å². The molecule has 0 aromatic heterocycles. The average molecular weight is 180 g/mol. The maximum atomic E-state index is 11.1.